The Morgan fingerprint density at radius 3 is 2.82 bits per heavy atom. The molecule has 0 spiro atoms. The van der Waals surface area contributed by atoms with Gasteiger partial charge in [-0.15, -0.1) is 0 Å². The monoisotopic (exact) mass is 233 g/mol. The van der Waals surface area contributed by atoms with E-state index in [1.165, 1.54) is 0 Å². The van der Waals surface area contributed by atoms with Gasteiger partial charge in [-0.25, -0.2) is 0 Å². The van der Waals surface area contributed by atoms with Gasteiger partial charge in [-0.2, -0.15) is 5.10 Å². The standard InChI is InChI=1S/C12H15N3O2/c1-9-3-4-12(11(7-16)13-9)17-8-10-5-6-15(2)14-10/h3-6,16H,7-8H2,1-2H3. The Labute approximate surface area is 99.7 Å². The summed E-state index contributed by atoms with van der Waals surface area (Å²) in [6.07, 6.45) is 1.86. The summed E-state index contributed by atoms with van der Waals surface area (Å²) in [5.41, 5.74) is 2.26. The van der Waals surface area contributed by atoms with Crippen LogP contribution in [0.3, 0.4) is 0 Å². The molecular formula is C12H15N3O2. The van der Waals surface area contributed by atoms with E-state index in [4.69, 9.17) is 4.74 Å². The number of hydrogen-bond donors (Lipinski definition) is 1. The fraction of sp³-hybridized carbons (Fsp3) is 0.333. The number of aryl methyl sites for hydroxylation is 2. The molecule has 5 nitrogen and oxygen atoms in total. The van der Waals surface area contributed by atoms with Gasteiger partial charge < -0.3 is 9.84 Å². The highest BCUT2D eigenvalue weighted by atomic mass is 16.5. The van der Waals surface area contributed by atoms with E-state index in [0.717, 1.165) is 11.4 Å². The molecule has 2 heterocycles. The number of aromatic nitrogens is 3. The average molecular weight is 233 g/mol. The Bertz CT molecular complexity index is 508. The van der Waals surface area contributed by atoms with E-state index in [1.54, 1.807) is 4.68 Å². The van der Waals surface area contributed by atoms with Crippen molar-refractivity contribution in [3.63, 3.8) is 0 Å². The lowest BCUT2D eigenvalue weighted by molar-refractivity contribution is 0.251. The fourth-order valence-electron chi connectivity index (χ4n) is 1.53. The molecule has 5 heteroatoms. The van der Waals surface area contributed by atoms with Crippen molar-refractivity contribution < 1.29 is 9.84 Å². The minimum Gasteiger partial charge on any atom is -0.485 e. The summed E-state index contributed by atoms with van der Waals surface area (Å²) in [4.78, 5) is 4.21. The zero-order valence-corrected chi connectivity index (χ0v) is 9.92. The molecule has 0 fully saturated rings. The summed E-state index contributed by atoms with van der Waals surface area (Å²) in [7, 11) is 1.86. The van der Waals surface area contributed by atoms with Crippen molar-refractivity contribution in [2.24, 2.45) is 7.05 Å². The van der Waals surface area contributed by atoms with Gasteiger partial charge in [-0.05, 0) is 25.1 Å². The van der Waals surface area contributed by atoms with Crippen molar-refractivity contribution >= 4 is 0 Å². The summed E-state index contributed by atoms with van der Waals surface area (Å²) in [6.45, 7) is 2.12. The molecule has 0 bridgehead atoms. The molecule has 0 saturated carbocycles. The summed E-state index contributed by atoms with van der Waals surface area (Å²) in [5, 5.41) is 13.4. The maximum absolute atomic E-state index is 9.18. The second kappa shape index (κ2) is 4.97. The number of ether oxygens (including phenoxy) is 1. The molecule has 0 radical (unpaired) electrons. The average Bonchev–Trinajstić information content (AvgIpc) is 2.73. The Kier molecular flexibility index (Phi) is 3.39. The maximum Gasteiger partial charge on any atom is 0.143 e. The second-order valence-corrected chi connectivity index (χ2v) is 3.82. The van der Waals surface area contributed by atoms with E-state index < -0.39 is 0 Å². The van der Waals surface area contributed by atoms with E-state index in [9.17, 15) is 5.11 Å². The summed E-state index contributed by atoms with van der Waals surface area (Å²) in [6, 6.07) is 5.56. The Balaban J connectivity index is 2.08. The normalized spacial score (nSPS) is 10.5. The quantitative estimate of drug-likeness (QED) is 0.861. The molecule has 17 heavy (non-hydrogen) atoms. The van der Waals surface area contributed by atoms with Crippen molar-refractivity contribution in [2.75, 3.05) is 0 Å². The highest BCUT2D eigenvalue weighted by Gasteiger charge is 2.06. The zero-order chi connectivity index (χ0) is 12.3. The number of aliphatic hydroxyl groups is 1. The van der Waals surface area contributed by atoms with Crippen LogP contribution >= 0.6 is 0 Å². The van der Waals surface area contributed by atoms with Crippen molar-refractivity contribution in [3.8, 4) is 5.75 Å². The lowest BCUT2D eigenvalue weighted by Crippen LogP contribution is -2.02. The van der Waals surface area contributed by atoms with Crippen LogP contribution in [0.15, 0.2) is 24.4 Å². The molecular weight excluding hydrogens is 218 g/mol. The van der Waals surface area contributed by atoms with Crippen LogP contribution < -0.4 is 4.74 Å². The maximum atomic E-state index is 9.18. The van der Waals surface area contributed by atoms with Crippen LogP contribution in [0.2, 0.25) is 0 Å². The van der Waals surface area contributed by atoms with Crippen LogP contribution in [0.4, 0.5) is 0 Å². The number of pyridine rings is 1. The third-order valence-corrected chi connectivity index (χ3v) is 2.37. The van der Waals surface area contributed by atoms with Gasteiger partial charge in [0.1, 0.15) is 18.1 Å². The van der Waals surface area contributed by atoms with Crippen LogP contribution in [0.1, 0.15) is 17.1 Å². The fourth-order valence-corrected chi connectivity index (χ4v) is 1.53. The van der Waals surface area contributed by atoms with E-state index >= 15 is 0 Å². The molecule has 2 rings (SSSR count). The van der Waals surface area contributed by atoms with Gasteiger partial charge in [-0.1, -0.05) is 0 Å². The molecule has 0 atom stereocenters. The Hall–Kier alpha value is -1.88. The van der Waals surface area contributed by atoms with Gasteiger partial charge in [0.05, 0.1) is 12.3 Å². The minimum absolute atomic E-state index is 0.126. The molecule has 0 unspecified atom stereocenters. The largest absolute Gasteiger partial charge is 0.485 e. The van der Waals surface area contributed by atoms with Crippen LogP contribution in [0.25, 0.3) is 0 Å². The first-order chi connectivity index (χ1) is 8.19. The van der Waals surface area contributed by atoms with Crippen LogP contribution in [0, 0.1) is 6.92 Å². The van der Waals surface area contributed by atoms with Gasteiger partial charge in [-0.3, -0.25) is 9.67 Å². The third-order valence-electron chi connectivity index (χ3n) is 2.37. The van der Waals surface area contributed by atoms with Crippen molar-refractivity contribution in [3.05, 3.63) is 41.5 Å². The van der Waals surface area contributed by atoms with E-state index in [1.807, 2.05) is 38.4 Å². The first-order valence-electron chi connectivity index (χ1n) is 5.38. The predicted molar refractivity (Wildman–Crippen MR) is 62.4 cm³/mol. The first kappa shape index (κ1) is 11.6. The number of nitrogens with zero attached hydrogens (tertiary/aromatic N) is 3. The van der Waals surface area contributed by atoms with Crippen molar-refractivity contribution in [1.82, 2.24) is 14.8 Å². The molecule has 0 amide bonds. The predicted octanol–water partition coefficient (Wildman–Crippen LogP) is 1.19. The van der Waals surface area contributed by atoms with Gasteiger partial charge >= 0.3 is 0 Å². The summed E-state index contributed by atoms with van der Waals surface area (Å²) < 4.78 is 7.31. The molecule has 0 aliphatic heterocycles. The first-order valence-corrected chi connectivity index (χ1v) is 5.38. The molecule has 0 aliphatic carbocycles. The van der Waals surface area contributed by atoms with Gasteiger partial charge in [0.25, 0.3) is 0 Å². The number of rotatable bonds is 4. The van der Waals surface area contributed by atoms with Crippen LogP contribution in [-0.4, -0.2) is 19.9 Å². The number of aliphatic hydroxyl groups excluding tert-OH is 1. The second-order valence-electron chi connectivity index (χ2n) is 3.82. The molecule has 1 N–H and O–H groups in total. The molecule has 2 aromatic rings. The van der Waals surface area contributed by atoms with E-state index in [0.29, 0.717) is 18.1 Å². The third kappa shape index (κ3) is 2.82. The molecule has 0 saturated heterocycles. The zero-order valence-electron chi connectivity index (χ0n) is 9.92. The Morgan fingerprint density at radius 2 is 2.18 bits per heavy atom. The van der Waals surface area contributed by atoms with Crippen LogP contribution in [-0.2, 0) is 20.3 Å². The highest BCUT2D eigenvalue weighted by Crippen LogP contribution is 2.18. The van der Waals surface area contributed by atoms with E-state index in [2.05, 4.69) is 10.1 Å². The highest BCUT2D eigenvalue weighted by molar-refractivity contribution is 5.28. The molecule has 0 aromatic carbocycles. The lowest BCUT2D eigenvalue weighted by Gasteiger charge is -2.08. The Morgan fingerprint density at radius 1 is 1.35 bits per heavy atom. The van der Waals surface area contributed by atoms with Crippen molar-refractivity contribution in [2.45, 2.75) is 20.1 Å². The molecule has 90 valence electrons. The smallest absolute Gasteiger partial charge is 0.143 e. The summed E-state index contributed by atoms with van der Waals surface area (Å²) >= 11 is 0. The molecule has 0 aliphatic rings. The van der Waals surface area contributed by atoms with E-state index in [-0.39, 0.29) is 6.61 Å². The lowest BCUT2D eigenvalue weighted by atomic mass is 10.3. The van der Waals surface area contributed by atoms with Gasteiger partial charge in [0.2, 0.25) is 0 Å². The summed E-state index contributed by atoms with van der Waals surface area (Å²) in [5.74, 6) is 0.601. The molecule has 2 aromatic heterocycles. The topological polar surface area (TPSA) is 60.2 Å². The van der Waals surface area contributed by atoms with Crippen LogP contribution in [0.5, 0.6) is 5.75 Å². The minimum atomic E-state index is -0.126. The van der Waals surface area contributed by atoms with Gasteiger partial charge in [0.15, 0.2) is 0 Å². The van der Waals surface area contributed by atoms with Gasteiger partial charge in [0, 0.05) is 18.9 Å². The van der Waals surface area contributed by atoms with Crippen molar-refractivity contribution in [1.29, 1.82) is 0 Å². The number of hydrogen-bond acceptors (Lipinski definition) is 4. The SMILES string of the molecule is Cc1ccc(OCc2ccn(C)n2)c(CO)n1.